The van der Waals surface area contributed by atoms with Gasteiger partial charge in [0.2, 0.25) is 10.0 Å². The van der Waals surface area contributed by atoms with E-state index in [2.05, 4.69) is 24.9 Å². The highest BCUT2D eigenvalue weighted by atomic mass is 32.2. The Bertz CT molecular complexity index is 1040. The van der Waals surface area contributed by atoms with Crippen LogP contribution in [0.3, 0.4) is 0 Å². The van der Waals surface area contributed by atoms with Crippen LogP contribution < -0.4 is 25.4 Å². The largest absolute Gasteiger partial charge is 0.496 e. The summed E-state index contributed by atoms with van der Waals surface area (Å²) >= 11 is 0. The number of nitrogens with two attached hydrogens (primary N) is 1. The number of sulfonamides is 1. The zero-order chi connectivity index (χ0) is 22.4. The summed E-state index contributed by atoms with van der Waals surface area (Å²) in [4.78, 5) is 22.6. The molecule has 3 rings (SSSR count). The minimum absolute atomic E-state index is 0.00482. The van der Waals surface area contributed by atoms with Gasteiger partial charge in [0.1, 0.15) is 23.2 Å². The third kappa shape index (κ3) is 5.82. The maximum atomic E-state index is 12.6. The Labute approximate surface area is 182 Å². The molecule has 11 heteroatoms. The fraction of sp³-hybridized carbons (Fsp3) is 0.450. The molecular formula is C20H28N6O4S. The normalized spacial score (nSPS) is 14.3. The summed E-state index contributed by atoms with van der Waals surface area (Å²) in [5.74, 6) is 1.64. The second-order valence-corrected chi connectivity index (χ2v) is 9.02. The van der Waals surface area contributed by atoms with E-state index in [1.54, 1.807) is 0 Å². The van der Waals surface area contributed by atoms with Gasteiger partial charge in [-0.3, -0.25) is 4.79 Å². The Balaban J connectivity index is 1.61. The molecule has 1 aromatic heterocycles. The molecule has 1 saturated heterocycles. The van der Waals surface area contributed by atoms with E-state index >= 15 is 0 Å². The molecule has 4 N–H and O–H groups in total. The summed E-state index contributed by atoms with van der Waals surface area (Å²) in [7, 11) is -2.44. The monoisotopic (exact) mass is 448 g/mol. The number of anilines is 2. The molecule has 31 heavy (non-hydrogen) atoms. The van der Waals surface area contributed by atoms with Crippen molar-refractivity contribution in [3.05, 3.63) is 35.7 Å². The first kappa shape index (κ1) is 22.8. The van der Waals surface area contributed by atoms with Crippen molar-refractivity contribution in [2.24, 2.45) is 5.73 Å². The Morgan fingerprint density at radius 2 is 1.90 bits per heavy atom. The number of carbonyl (C=O) groups excluding carboxylic acids is 1. The molecule has 0 aliphatic carbocycles. The molecule has 0 atom stereocenters. The number of nitrogens with zero attached hydrogens (tertiary/aromatic N) is 3. The number of methoxy groups -OCH3 is 1. The van der Waals surface area contributed by atoms with E-state index < -0.39 is 15.9 Å². The lowest BCUT2D eigenvalue weighted by Crippen LogP contribution is -2.31. The van der Waals surface area contributed by atoms with Crippen LogP contribution >= 0.6 is 0 Å². The first-order chi connectivity index (χ1) is 14.8. The number of rotatable bonds is 9. The number of hydrogen-bond acceptors (Lipinski definition) is 8. The Hall–Kier alpha value is -2.92. The van der Waals surface area contributed by atoms with Crippen LogP contribution in [0.15, 0.2) is 29.2 Å². The van der Waals surface area contributed by atoms with Gasteiger partial charge in [-0.1, -0.05) is 0 Å². The number of aryl methyl sites for hydroxylation is 1. The van der Waals surface area contributed by atoms with E-state index in [1.165, 1.54) is 31.7 Å². The third-order valence-electron chi connectivity index (χ3n) is 4.97. The average molecular weight is 449 g/mol. The minimum Gasteiger partial charge on any atom is -0.496 e. The summed E-state index contributed by atoms with van der Waals surface area (Å²) in [6.07, 6.45) is 3.54. The van der Waals surface area contributed by atoms with E-state index in [0.717, 1.165) is 31.7 Å². The van der Waals surface area contributed by atoms with E-state index in [-0.39, 0.29) is 22.8 Å². The quantitative estimate of drug-likeness (QED) is 0.487. The summed E-state index contributed by atoms with van der Waals surface area (Å²) < 4.78 is 32.7. The summed E-state index contributed by atoms with van der Waals surface area (Å²) in [5, 5.41) is 3.14. The number of amides is 1. The molecule has 1 aliphatic rings. The predicted molar refractivity (Wildman–Crippen MR) is 118 cm³/mol. The Morgan fingerprint density at radius 3 is 2.58 bits per heavy atom. The molecule has 10 nitrogen and oxygen atoms in total. The average Bonchev–Trinajstić information content (AvgIpc) is 2.76. The van der Waals surface area contributed by atoms with Crippen LogP contribution in [-0.4, -0.2) is 57.6 Å². The summed E-state index contributed by atoms with van der Waals surface area (Å²) in [5.41, 5.74) is 5.31. The van der Waals surface area contributed by atoms with Gasteiger partial charge in [0, 0.05) is 32.2 Å². The molecule has 1 amide bonds. The molecule has 0 radical (unpaired) electrons. The van der Waals surface area contributed by atoms with E-state index in [4.69, 9.17) is 10.5 Å². The van der Waals surface area contributed by atoms with Crippen molar-refractivity contribution in [3.63, 3.8) is 0 Å². The molecular weight excluding hydrogens is 420 g/mol. The topological polar surface area (TPSA) is 140 Å². The minimum atomic E-state index is -3.82. The maximum Gasteiger partial charge on any atom is 0.252 e. The van der Waals surface area contributed by atoms with Crippen molar-refractivity contribution >= 4 is 27.6 Å². The molecule has 0 saturated carbocycles. The van der Waals surface area contributed by atoms with Crippen LogP contribution in [0.4, 0.5) is 11.6 Å². The zero-order valence-electron chi connectivity index (χ0n) is 17.7. The van der Waals surface area contributed by atoms with Gasteiger partial charge in [-0.2, -0.15) is 0 Å². The van der Waals surface area contributed by atoms with Gasteiger partial charge in [0.05, 0.1) is 17.6 Å². The number of piperidine rings is 1. The second-order valence-electron chi connectivity index (χ2n) is 7.26. The fourth-order valence-corrected chi connectivity index (χ4v) is 4.49. The molecule has 0 unspecified atom stereocenters. The summed E-state index contributed by atoms with van der Waals surface area (Å²) in [6.45, 7) is 4.24. The van der Waals surface area contributed by atoms with Crippen molar-refractivity contribution in [2.45, 2.75) is 31.1 Å². The number of nitrogens with one attached hydrogen (secondary N) is 2. The van der Waals surface area contributed by atoms with Crippen molar-refractivity contribution in [3.8, 4) is 5.75 Å². The van der Waals surface area contributed by atoms with Gasteiger partial charge in [-0.25, -0.2) is 23.1 Å². The molecule has 1 fully saturated rings. The van der Waals surface area contributed by atoms with E-state index in [1.807, 2.05) is 13.0 Å². The van der Waals surface area contributed by atoms with E-state index in [0.29, 0.717) is 18.2 Å². The van der Waals surface area contributed by atoms with Crippen molar-refractivity contribution in [1.82, 2.24) is 14.7 Å². The van der Waals surface area contributed by atoms with Gasteiger partial charge < -0.3 is 20.7 Å². The zero-order valence-corrected chi connectivity index (χ0v) is 18.5. The number of aromatic nitrogens is 2. The highest BCUT2D eigenvalue weighted by Crippen LogP contribution is 2.22. The van der Waals surface area contributed by atoms with Crippen molar-refractivity contribution in [2.75, 3.05) is 43.5 Å². The lowest BCUT2D eigenvalue weighted by Gasteiger charge is -2.28. The number of benzene rings is 1. The molecule has 168 valence electrons. The van der Waals surface area contributed by atoms with Crippen LogP contribution in [0, 0.1) is 6.92 Å². The van der Waals surface area contributed by atoms with Crippen LogP contribution in [0.1, 0.15) is 35.4 Å². The van der Waals surface area contributed by atoms with Crippen LogP contribution in [-0.2, 0) is 10.0 Å². The van der Waals surface area contributed by atoms with Gasteiger partial charge in [-0.05, 0) is 44.4 Å². The molecule has 2 heterocycles. The first-order valence-electron chi connectivity index (χ1n) is 10.1. The highest BCUT2D eigenvalue weighted by molar-refractivity contribution is 7.89. The molecule has 1 aliphatic heterocycles. The van der Waals surface area contributed by atoms with Gasteiger partial charge in [-0.15, -0.1) is 0 Å². The number of hydrogen-bond donors (Lipinski definition) is 3. The highest BCUT2D eigenvalue weighted by Gasteiger charge is 2.18. The van der Waals surface area contributed by atoms with Gasteiger partial charge in [0.15, 0.2) is 0 Å². The maximum absolute atomic E-state index is 12.6. The van der Waals surface area contributed by atoms with Gasteiger partial charge >= 0.3 is 0 Å². The van der Waals surface area contributed by atoms with Crippen molar-refractivity contribution in [1.29, 1.82) is 0 Å². The SMILES string of the molecule is COc1ccc(S(=O)(=O)NCCNc2cc(N3CCCCC3)nc(C)n2)cc1C(N)=O. The molecule has 2 aromatic rings. The Morgan fingerprint density at radius 1 is 1.16 bits per heavy atom. The molecule has 0 bridgehead atoms. The number of carbonyl (C=O) groups is 1. The predicted octanol–water partition coefficient (Wildman–Crippen LogP) is 1.27. The van der Waals surface area contributed by atoms with Crippen LogP contribution in [0.2, 0.25) is 0 Å². The molecule has 1 aromatic carbocycles. The first-order valence-corrected chi connectivity index (χ1v) is 11.6. The summed E-state index contributed by atoms with van der Waals surface area (Å²) in [6, 6.07) is 5.85. The standard InChI is InChI=1S/C20H28N6O4S/c1-14-24-18(13-19(25-14)26-10-4-3-5-11-26)22-8-9-23-31(28,29)15-6-7-17(30-2)16(12-15)20(21)27/h6-7,12-13,23H,3-5,8-11H2,1-2H3,(H2,21,27)(H,22,24,25). The second kappa shape index (κ2) is 9.92. The lowest BCUT2D eigenvalue weighted by atomic mass is 10.1. The van der Waals surface area contributed by atoms with E-state index in [9.17, 15) is 13.2 Å². The van der Waals surface area contributed by atoms with Crippen molar-refractivity contribution < 1.29 is 17.9 Å². The lowest BCUT2D eigenvalue weighted by molar-refractivity contribution is 0.0997. The van der Waals surface area contributed by atoms with Crippen LogP contribution in [0.25, 0.3) is 0 Å². The number of primary amides is 1. The fourth-order valence-electron chi connectivity index (χ4n) is 3.43. The van der Waals surface area contributed by atoms with Gasteiger partial charge in [0.25, 0.3) is 5.91 Å². The molecule has 0 spiro atoms. The Kier molecular flexibility index (Phi) is 7.29. The smallest absolute Gasteiger partial charge is 0.252 e. The van der Waals surface area contributed by atoms with Crippen LogP contribution in [0.5, 0.6) is 5.75 Å². The third-order valence-corrected chi connectivity index (χ3v) is 6.43. The number of ether oxygens (including phenoxy) is 1.